The molecule has 0 aromatic heterocycles. The Bertz CT molecular complexity index is 2660. The zero-order chi connectivity index (χ0) is 42.6. The van der Waals surface area contributed by atoms with Crippen molar-refractivity contribution in [3.05, 3.63) is 224 Å². The zero-order valence-electron chi connectivity index (χ0n) is 37.6. The first-order valence-corrected chi connectivity index (χ1v) is 23.3. The molecule has 0 fully saturated rings. The maximum absolute atomic E-state index is 5.79. The molecule has 0 radical (unpaired) electrons. The lowest BCUT2D eigenvalue weighted by molar-refractivity contribution is 0.424. The number of nitrogens with one attached hydrogen (secondary N) is 1. The lowest BCUT2D eigenvalue weighted by Crippen LogP contribution is -2.32. The molecule has 7 aliphatic rings. The monoisotopic (exact) mass is 810 g/mol. The number of amidine groups is 1. The van der Waals surface area contributed by atoms with E-state index in [-0.39, 0.29) is 16.9 Å². The molecule has 6 aliphatic carbocycles. The second kappa shape index (κ2) is 16.2. The van der Waals surface area contributed by atoms with Gasteiger partial charge in [-0.05, 0) is 146 Å². The van der Waals surface area contributed by atoms with E-state index in [9.17, 15) is 0 Å². The molecule has 4 unspecified atom stereocenters. The summed E-state index contributed by atoms with van der Waals surface area (Å²) in [4.78, 5) is 5.79. The molecule has 0 saturated carbocycles. The van der Waals surface area contributed by atoms with Gasteiger partial charge in [-0.25, -0.2) is 0 Å². The summed E-state index contributed by atoms with van der Waals surface area (Å²) in [5, 5.41) is 4.05. The van der Waals surface area contributed by atoms with E-state index in [1.54, 1.807) is 22.3 Å². The van der Waals surface area contributed by atoms with E-state index in [4.69, 9.17) is 4.99 Å². The number of aliphatic imine (C=N–C) groups is 1. The van der Waals surface area contributed by atoms with E-state index in [1.165, 1.54) is 55.7 Å². The van der Waals surface area contributed by atoms with E-state index in [0.29, 0.717) is 17.8 Å². The van der Waals surface area contributed by atoms with Crippen LogP contribution in [0.4, 0.5) is 0 Å². The first-order chi connectivity index (χ1) is 30.0. The second-order valence-electron chi connectivity index (χ2n) is 20.4. The van der Waals surface area contributed by atoms with Gasteiger partial charge in [-0.15, -0.1) is 0 Å². The van der Waals surface area contributed by atoms with E-state index >= 15 is 0 Å². The van der Waals surface area contributed by atoms with Gasteiger partial charge in [0.2, 0.25) is 0 Å². The van der Waals surface area contributed by atoms with Gasteiger partial charge in [0.05, 0.1) is 5.70 Å². The third kappa shape index (κ3) is 7.50. The summed E-state index contributed by atoms with van der Waals surface area (Å²) in [6.45, 7) is 13.8. The van der Waals surface area contributed by atoms with Crippen molar-refractivity contribution in [2.45, 2.75) is 103 Å². The normalized spacial score (nSPS) is 24.6. The molecule has 3 aromatic rings. The Labute approximate surface area is 371 Å². The quantitative estimate of drug-likeness (QED) is 0.263. The van der Waals surface area contributed by atoms with Crippen molar-refractivity contribution in [2.24, 2.45) is 22.7 Å². The van der Waals surface area contributed by atoms with Gasteiger partial charge in [-0.1, -0.05) is 187 Å². The maximum atomic E-state index is 5.79. The molecule has 2 heteroatoms. The first-order valence-electron chi connectivity index (χ1n) is 23.3. The van der Waals surface area contributed by atoms with Crippen LogP contribution in [0.5, 0.6) is 0 Å². The number of hydrogen-bond donors (Lipinski definition) is 1. The van der Waals surface area contributed by atoms with Gasteiger partial charge in [0.25, 0.3) is 0 Å². The van der Waals surface area contributed by atoms with Gasteiger partial charge in [-0.2, -0.15) is 0 Å². The lowest BCUT2D eigenvalue weighted by Gasteiger charge is -2.43. The molecule has 0 bridgehead atoms. The molecular weight excluding hydrogens is 749 g/mol. The number of benzene rings is 3. The Morgan fingerprint density at radius 2 is 1.32 bits per heavy atom. The zero-order valence-corrected chi connectivity index (χ0v) is 37.6. The fourth-order valence-corrected chi connectivity index (χ4v) is 11.1. The topological polar surface area (TPSA) is 24.4 Å². The van der Waals surface area contributed by atoms with Crippen LogP contribution in [0.25, 0.3) is 11.3 Å². The van der Waals surface area contributed by atoms with Gasteiger partial charge in [0.15, 0.2) is 0 Å². The number of allylic oxidation sites excluding steroid dienone is 19. The van der Waals surface area contributed by atoms with E-state index < -0.39 is 0 Å². The Hall–Kier alpha value is -5.73. The SMILES string of the molecule is CC(C)(C)c1ccc(C2=C(c3ccccc3)C(c3ccc(C(C)(C)C)cc3)N=C(C3=CC(C4=C5CCC=CC5=C(C5CC=CC6=CC=CCC65)C5=CC=CCC54)=CCC3)N2)cc1. The number of hydrogen-bond acceptors (Lipinski definition) is 2. The highest BCUT2D eigenvalue weighted by atomic mass is 15.1. The molecule has 1 aliphatic heterocycles. The van der Waals surface area contributed by atoms with Crippen molar-refractivity contribution >= 4 is 17.1 Å². The molecule has 2 nitrogen and oxygen atoms in total. The van der Waals surface area contributed by atoms with Crippen LogP contribution in [-0.4, -0.2) is 5.84 Å². The Morgan fingerprint density at radius 1 is 0.613 bits per heavy atom. The standard InChI is InChI=1S/C60H62N2/c1-59(2,3)45-34-30-41(31-35-45)56-54(40-19-8-7-9-20-40)57(42-32-36-46(37-33-42)60(4,5)6)62-58(61-56)44-23-16-22-43(38-44)53-49-25-12-14-27-51(49)55(52-28-15-13-26-50(52)53)48-29-17-21-39-18-10-11-24-47(39)48/h7-12,14-15,17-22,27-28,30-38,47-49,56H,13,16,23-26,29H2,1-6H3,(H,61,62). The van der Waals surface area contributed by atoms with Crippen LogP contribution in [0.1, 0.15) is 120 Å². The minimum atomic E-state index is -0.177. The molecule has 62 heavy (non-hydrogen) atoms. The van der Waals surface area contributed by atoms with Gasteiger partial charge in [0.1, 0.15) is 11.9 Å². The predicted molar refractivity (Wildman–Crippen MR) is 263 cm³/mol. The molecular formula is C60H62N2. The first kappa shape index (κ1) is 40.3. The Balaban J connectivity index is 1.11. The molecule has 0 amide bonds. The molecule has 1 N–H and O–H groups in total. The summed E-state index contributed by atoms with van der Waals surface area (Å²) >= 11 is 0. The van der Waals surface area contributed by atoms with Crippen molar-refractivity contribution < 1.29 is 0 Å². The van der Waals surface area contributed by atoms with Crippen LogP contribution in [0.3, 0.4) is 0 Å². The van der Waals surface area contributed by atoms with Crippen LogP contribution in [0.15, 0.2) is 201 Å². The van der Waals surface area contributed by atoms with Gasteiger partial charge >= 0.3 is 0 Å². The molecule has 10 rings (SSSR count). The van der Waals surface area contributed by atoms with E-state index in [1.807, 2.05) is 0 Å². The van der Waals surface area contributed by atoms with Crippen LogP contribution in [0.2, 0.25) is 0 Å². The van der Waals surface area contributed by atoms with Gasteiger partial charge in [0, 0.05) is 11.5 Å². The van der Waals surface area contributed by atoms with Gasteiger partial charge < -0.3 is 5.32 Å². The molecule has 3 aromatic carbocycles. The van der Waals surface area contributed by atoms with Crippen molar-refractivity contribution in [1.29, 1.82) is 0 Å². The average molecular weight is 811 g/mol. The summed E-state index contributed by atoms with van der Waals surface area (Å²) in [5.74, 6) is 2.39. The van der Waals surface area contributed by atoms with Crippen molar-refractivity contribution in [1.82, 2.24) is 5.32 Å². The van der Waals surface area contributed by atoms with Crippen LogP contribution in [0, 0.1) is 17.8 Å². The highest BCUT2D eigenvalue weighted by Crippen LogP contribution is 2.54. The molecule has 0 saturated heterocycles. The number of nitrogens with zero attached hydrogens (tertiary/aromatic N) is 1. The predicted octanol–water partition coefficient (Wildman–Crippen LogP) is 15.1. The molecule has 1 heterocycles. The number of fused-ring (bicyclic) bond motifs is 3. The fraction of sp³-hybridized carbons (Fsp3) is 0.317. The lowest BCUT2D eigenvalue weighted by atomic mass is 9.61. The average Bonchev–Trinajstić information content (AvgIpc) is 3.30. The highest BCUT2D eigenvalue weighted by Gasteiger charge is 2.41. The van der Waals surface area contributed by atoms with Crippen molar-refractivity contribution in [2.75, 3.05) is 0 Å². The smallest absolute Gasteiger partial charge is 0.129 e. The summed E-state index contributed by atoms with van der Waals surface area (Å²) < 4.78 is 0. The minimum absolute atomic E-state index is 0.0668. The Morgan fingerprint density at radius 3 is 2.08 bits per heavy atom. The van der Waals surface area contributed by atoms with E-state index in [0.717, 1.165) is 56.5 Å². The molecule has 4 atom stereocenters. The summed E-state index contributed by atoms with van der Waals surface area (Å²) in [6.07, 6.45) is 36.4. The molecule has 0 spiro atoms. The summed E-state index contributed by atoms with van der Waals surface area (Å²) in [5.41, 5.74) is 20.8. The van der Waals surface area contributed by atoms with Crippen molar-refractivity contribution in [3.8, 4) is 0 Å². The van der Waals surface area contributed by atoms with Crippen LogP contribution < -0.4 is 5.32 Å². The highest BCUT2D eigenvalue weighted by molar-refractivity contribution is 6.11. The third-order valence-corrected chi connectivity index (χ3v) is 14.4. The van der Waals surface area contributed by atoms with Crippen LogP contribution in [-0.2, 0) is 10.8 Å². The minimum Gasteiger partial charge on any atom is -0.339 e. The fourth-order valence-electron chi connectivity index (χ4n) is 11.1. The second-order valence-corrected chi connectivity index (χ2v) is 20.4. The van der Waals surface area contributed by atoms with E-state index in [2.05, 4.69) is 199 Å². The largest absolute Gasteiger partial charge is 0.339 e. The van der Waals surface area contributed by atoms with Gasteiger partial charge in [-0.3, -0.25) is 4.99 Å². The van der Waals surface area contributed by atoms with Crippen LogP contribution >= 0.6 is 0 Å². The number of rotatable bonds is 6. The van der Waals surface area contributed by atoms with Crippen molar-refractivity contribution in [3.63, 3.8) is 0 Å². The summed E-state index contributed by atoms with van der Waals surface area (Å²) in [6, 6.07) is 29.3. The summed E-state index contributed by atoms with van der Waals surface area (Å²) in [7, 11) is 0. The third-order valence-electron chi connectivity index (χ3n) is 14.4. The molecule has 312 valence electrons. The maximum Gasteiger partial charge on any atom is 0.129 e. The Kier molecular flexibility index (Phi) is 10.5.